The van der Waals surface area contributed by atoms with Gasteiger partial charge in [0.1, 0.15) is 23.7 Å². The van der Waals surface area contributed by atoms with Crippen molar-refractivity contribution in [1.29, 1.82) is 0 Å². The van der Waals surface area contributed by atoms with E-state index >= 15 is 0 Å². The summed E-state index contributed by atoms with van der Waals surface area (Å²) in [5.41, 5.74) is 3.78. The minimum atomic E-state index is -3.98. The molecule has 26 nitrogen and oxygen atoms in total. The zero-order chi connectivity index (χ0) is 66.8. The second-order valence-electron chi connectivity index (χ2n) is 24.5. The molecule has 4 heterocycles. The summed E-state index contributed by atoms with van der Waals surface area (Å²) in [4.78, 5) is 83.5. The van der Waals surface area contributed by atoms with E-state index in [-0.39, 0.29) is 86.4 Å². The monoisotopic (exact) mass is 1420 g/mol. The second-order valence-corrected chi connectivity index (χ2v) is 29.7. The van der Waals surface area contributed by atoms with Gasteiger partial charge in [-0.2, -0.15) is 0 Å². The summed E-state index contributed by atoms with van der Waals surface area (Å²) in [6, 6.07) is 17.8. The van der Waals surface area contributed by atoms with Crippen molar-refractivity contribution in [2.75, 3.05) is 105 Å². The Morgan fingerprint density at radius 3 is 1.29 bits per heavy atom. The highest BCUT2D eigenvalue weighted by Gasteiger charge is 2.43. The van der Waals surface area contributed by atoms with Crippen LogP contribution in [0.25, 0.3) is 0 Å². The van der Waals surface area contributed by atoms with Crippen LogP contribution in [0.4, 0.5) is 9.59 Å². The molecule has 6 aliphatic rings. The first-order valence-corrected chi connectivity index (χ1v) is 36.0. The maximum Gasteiger partial charge on any atom is 0.315 e. The van der Waals surface area contributed by atoms with Crippen molar-refractivity contribution < 1.29 is 55.1 Å². The molecule has 0 radical (unpaired) electrons. The Balaban J connectivity index is 0.548. The third-order valence-corrected chi connectivity index (χ3v) is 21.8. The van der Waals surface area contributed by atoms with Gasteiger partial charge in [0, 0.05) is 134 Å². The van der Waals surface area contributed by atoms with Gasteiger partial charge in [-0.1, -0.05) is 46.4 Å². The van der Waals surface area contributed by atoms with E-state index in [1.54, 1.807) is 36.4 Å². The Hall–Kier alpha value is -6.28. The number of sulfonamides is 2. The number of carbonyl (C=O) groups excluding carboxylic acids is 6. The van der Waals surface area contributed by atoms with Gasteiger partial charge in [0.2, 0.25) is 43.7 Å². The topological polar surface area (TPSA) is 322 Å². The first-order valence-electron chi connectivity index (χ1n) is 31.6. The van der Waals surface area contributed by atoms with E-state index in [4.69, 9.17) is 55.9 Å². The molecule has 4 aromatic rings. The van der Waals surface area contributed by atoms with Crippen LogP contribution in [0.2, 0.25) is 20.1 Å². The molecule has 4 saturated heterocycles. The van der Waals surface area contributed by atoms with E-state index in [9.17, 15) is 45.6 Å². The average molecular weight is 1420 g/mol. The highest BCUT2D eigenvalue weighted by atomic mass is 35.5. The number of hydrogen-bond acceptors (Lipinski definition) is 16. The summed E-state index contributed by atoms with van der Waals surface area (Å²) < 4.78 is 72.5. The maximum atomic E-state index is 13.5. The van der Waals surface area contributed by atoms with Crippen molar-refractivity contribution in [2.24, 2.45) is 0 Å². The molecular weight excluding hydrogens is 1340 g/mol. The molecule has 8 amide bonds. The number of nitrogens with zero attached hydrogens (tertiary/aromatic N) is 4. The van der Waals surface area contributed by atoms with Crippen LogP contribution in [0.15, 0.2) is 82.6 Å². The predicted molar refractivity (Wildman–Crippen MR) is 354 cm³/mol. The molecule has 4 fully saturated rings. The fourth-order valence-corrected chi connectivity index (χ4v) is 16.6. The van der Waals surface area contributed by atoms with Crippen molar-refractivity contribution in [3.8, 4) is 11.5 Å². The molecule has 32 heteroatoms. The van der Waals surface area contributed by atoms with E-state index in [1.165, 1.54) is 34.1 Å². The van der Waals surface area contributed by atoms with Gasteiger partial charge < -0.3 is 61.8 Å². The lowest BCUT2D eigenvalue weighted by Crippen LogP contribution is -2.54. The van der Waals surface area contributed by atoms with Crippen LogP contribution in [0.1, 0.15) is 74.0 Å². The molecule has 2 aliphatic carbocycles. The third-order valence-electron chi connectivity index (χ3n) is 17.7. The van der Waals surface area contributed by atoms with Crippen LogP contribution in [-0.4, -0.2) is 213 Å². The fraction of sp³-hybridized carbons (Fsp3) is 0.516. The molecule has 0 saturated carbocycles. The standard InChI is InChI=1S/C62H80Cl4N14O12S2/c1-37-33-77(21-17-67-37)53-27-47-49(23-39(63)25-51(47)65)59(53)91-43-5-9-45(10-6-43)93(87,88)75-41-13-19-79(35-41)57(83)31-71-55(81)29-73-61(85)69-15-3-4-16-70-62(86)74-30-56(82)72-32-58(84)80-20-14-42(36-80)76-94(89,90)46-11-7-44(8-12-46)92-60-50-24-40(64)26-52(66)48(50)28-54(60)78-22-18-68-38(2)34-78/h5-12,23-26,37-38,41-42,53-54,59-60,67-68,75-76H,3-4,13-22,27-36H2,1-2H3,(H,71,81)(H,72,82)(H2,69,73,85)(H2,70,74,86)/t37-,38-,41+,42+,53+,54+,59+,60+/m1/s1. The molecule has 0 unspecified atom stereocenters. The van der Waals surface area contributed by atoms with E-state index in [0.717, 1.165) is 61.5 Å². The van der Waals surface area contributed by atoms with E-state index < -0.39 is 80.9 Å². The number of nitrogens with one attached hydrogen (secondary N) is 10. The summed E-state index contributed by atoms with van der Waals surface area (Å²) in [6.07, 6.45) is 2.23. The third kappa shape index (κ3) is 18.4. The largest absolute Gasteiger partial charge is 0.484 e. The molecule has 94 heavy (non-hydrogen) atoms. The highest BCUT2D eigenvalue weighted by Crippen LogP contribution is 2.45. The number of hydrogen-bond donors (Lipinski definition) is 10. The molecule has 0 aromatic heterocycles. The van der Waals surface area contributed by atoms with Gasteiger partial charge in [-0.3, -0.25) is 29.0 Å². The summed E-state index contributed by atoms with van der Waals surface area (Å²) in [5.74, 6) is -1.11. The number of likely N-dealkylation sites (tertiary alicyclic amines) is 2. The van der Waals surface area contributed by atoms with E-state index in [2.05, 4.69) is 75.6 Å². The zero-order valence-corrected chi connectivity index (χ0v) is 56.8. The van der Waals surface area contributed by atoms with Gasteiger partial charge in [-0.05, 0) is 136 Å². The van der Waals surface area contributed by atoms with Crippen molar-refractivity contribution in [2.45, 2.75) is 111 Å². The van der Waals surface area contributed by atoms with Crippen LogP contribution in [0.5, 0.6) is 11.5 Å². The first-order chi connectivity index (χ1) is 44.9. The number of urea groups is 2. The van der Waals surface area contributed by atoms with Gasteiger partial charge in [-0.25, -0.2) is 35.9 Å². The maximum absolute atomic E-state index is 13.5. The minimum absolute atomic E-state index is 0.000796. The lowest BCUT2D eigenvalue weighted by atomic mass is 10.1. The number of unbranched alkanes of at least 4 members (excludes halogenated alkanes) is 1. The Kier molecular flexibility index (Phi) is 23.8. The van der Waals surface area contributed by atoms with Crippen molar-refractivity contribution in [1.82, 2.24) is 71.6 Å². The van der Waals surface area contributed by atoms with Gasteiger partial charge in [-0.15, -0.1) is 0 Å². The molecule has 10 rings (SSSR count). The molecule has 510 valence electrons. The van der Waals surface area contributed by atoms with Crippen LogP contribution < -0.4 is 61.5 Å². The summed E-state index contributed by atoms with van der Waals surface area (Å²) in [6.45, 7) is 8.87. The van der Waals surface area contributed by atoms with Gasteiger partial charge in [0.15, 0.2) is 0 Å². The average Bonchev–Trinajstić information content (AvgIpc) is 1.62. The van der Waals surface area contributed by atoms with E-state index in [1.807, 2.05) is 12.1 Å². The first kappa shape index (κ1) is 70.5. The Morgan fingerprint density at radius 1 is 0.511 bits per heavy atom. The molecule has 10 N–H and O–H groups in total. The quantitative estimate of drug-likeness (QED) is 0.0427. The highest BCUT2D eigenvalue weighted by molar-refractivity contribution is 7.89. The van der Waals surface area contributed by atoms with Gasteiger partial charge in [0.25, 0.3) is 0 Å². The summed E-state index contributed by atoms with van der Waals surface area (Å²) in [7, 11) is -7.96. The number of amides is 8. The fourth-order valence-electron chi connectivity index (χ4n) is 12.9. The molecule has 8 atom stereocenters. The lowest BCUT2D eigenvalue weighted by Gasteiger charge is -2.38. The van der Waals surface area contributed by atoms with Gasteiger partial charge in [0.05, 0.1) is 48.1 Å². The number of fused-ring (bicyclic) bond motifs is 2. The Labute approximate surface area is 567 Å². The number of halogens is 4. The van der Waals surface area contributed by atoms with Crippen molar-refractivity contribution >= 4 is 102 Å². The van der Waals surface area contributed by atoms with Crippen molar-refractivity contribution in [3.63, 3.8) is 0 Å². The molecular formula is C62H80Cl4N14O12S2. The van der Waals surface area contributed by atoms with Crippen LogP contribution >= 0.6 is 46.4 Å². The minimum Gasteiger partial charge on any atom is -0.484 e. The molecule has 0 bridgehead atoms. The normalized spacial score (nSPS) is 23.0. The molecule has 4 aromatic carbocycles. The van der Waals surface area contributed by atoms with Gasteiger partial charge >= 0.3 is 12.1 Å². The van der Waals surface area contributed by atoms with Crippen molar-refractivity contribution in [3.05, 3.63) is 115 Å². The second kappa shape index (κ2) is 31.7. The number of carbonyl (C=O) groups is 6. The molecule has 4 aliphatic heterocycles. The Bertz CT molecular complexity index is 3430. The predicted octanol–water partition coefficient (Wildman–Crippen LogP) is 3.05. The number of rotatable bonds is 25. The number of ether oxygens (including phenoxy) is 2. The van der Waals surface area contributed by atoms with Crippen LogP contribution in [-0.2, 0) is 52.1 Å². The Morgan fingerprint density at radius 2 is 0.904 bits per heavy atom. The van der Waals surface area contributed by atoms with Crippen LogP contribution in [0.3, 0.4) is 0 Å². The smallest absolute Gasteiger partial charge is 0.315 e. The molecule has 0 spiro atoms. The number of benzene rings is 4. The SMILES string of the molecule is C[C@@H]1CN([C@H]2Cc3c(Cl)cc(Cl)cc3[C@@H]2Oc2ccc(S(=O)(=O)N[C@H]3CCN(C(=O)CNC(=O)CNC(=O)NCCCCNC(=O)NCC(=O)NCC(=O)N4CC[C@H](NS(=O)(=O)c5ccc(O[C@H]6c7cc(Cl)cc(Cl)c7C[C@@H]6N6CCN[C@H](C)C6)cc5)C4)C3)cc2)CCN1. The summed E-state index contributed by atoms with van der Waals surface area (Å²) in [5, 5.41) is 24.1. The number of piperazine rings is 2. The summed E-state index contributed by atoms with van der Waals surface area (Å²) >= 11 is 26.2. The van der Waals surface area contributed by atoms with Crippen LogP contribution in [0, 0.1) is 0 Å². The zero-order valence-electron chi connectivity index (χ0n) is 52.1. The lowest BCUT2D eigenvalue weighted by molar-refractivity contribution is -0.132. The van der Waals surface area contributed by atoms with E-state index in [0.29, 0.717) is 82.2 Å².